The number of rotatable bonds is 4. The van der Waals surface area contributed by atoms with Crippen molar-refractivity contribution in [1.82, 2.24) is 10.6 Å². The maximum Gasteiger partial charge on any atom is 0.274 e. The van der Waals surface area contributed by atoms with Gasteiger partial charge in [-0.25, -0.2) is 4.39 Å². The van der Waals surface area contributed by atoms with Crippen LogP contribution in [-0.2, 0) is 11.3 Å². The lowest BCUT2D eigenvalue weighted by Gasteiger charge is -2.10. The minimum atomic E-state index is -0.547. The van der Waals surface area contributed by atoms with Gasteiger partial charge >= 0.3 is 0 Å². The van der Waals surface area contributed by atoms with E-state index >= 15 is 0 Å². The number of halogens is 1. The standard InChI is InChI=1S/C11H12FN3O3/c12-8-1-2-10(15(17)18)7(3-8)5-13-9-4-11(16)14-6-9/h1-3,9,13H,4-6H2,(H,14,16). The van der Waals surface area contributed by atoms with Gasteiger partial charge in [0.2, 0.25) is 5.91 Å². The van der Waals surface area contributed by atoms with E-state index in [1.54, 1.807) is 0 Å². The summed E-state index contributed by atoms with van der Waals surface area (Å²) in [7, 11) is 0. The molecule has 1 aromatic rings. The molecule has 0 aromatic heterocycles. The van der Waals surface area contributed by atoms with Gasteiger partial charge in [-0.15, -0.1) is 0 Å². The lowest BCUT2D eigenvalue weighted by atomic mass is 10.1. The Morgan fingerprint density at radius 2 is 2.33 bits per heavy atom. The van der Waals surface area contributed by atoms with Crippen LogP contribution in [-0.4, -0.2) is 23.4 Å². The summed E-state index contributed by atoms with van der Waals surface area (Å²) in [6, 6.07) is 3.27. The minimum Gasteiger partial charge on any atom is -0.354 e. The maximum absolute atomic E-state index is 13.1. The third-order valence-corrected chi connectivity index (χ3v) is 2.80. The first kappa shape index (κ1) is 12.4. The number of hydrogen-bond donors (Lipinski definition) is 2. The van der Waals surface area contributed by atoms with E-state index in [0.717, 1.165) is 18.2 Å². The molecule has 7 heteroatoms. The molecule has 0 spiro atoms. The largest absolute Gasteiger partial charge is 0.354 e. The van der Waals surface area contributed by atoms with Crippen molar-refractivity contribution in [2.24, 2.45) is 0 Å². The van der Waals surface area contributed by atoms with Crippen molar-refractivity contribution in [3.05, 3.63) is 39.7 Å². The van der Waals surface area contributed by atoms with Gasteiger partial charge in [-0.3, -0.25) is 14.9 Å². The normalized spacial score (nSPS) is 18.7. The summed E-state index contributed by atoms with van der Waals surface area (Å²) in [4.78, 5) is 21.2. The summed E-state index contributed by atoms with van der Waals surface area (Å²) in [5.74, 6) is -0.570. The highest BCUT2D eigenvalue weighted by Crippen LogP contribution is 2.19. The Hall–Kier alpha value is -2.02. The van der Waals surface area contributed by atoms with Crippen LogP contribution in [0, 0.1) is 15.9 Å². The topological polar surface area (TPSA) is 84.3 Å². The molecule has 1 aliphatic rings. The van der Waals surface area contributed by atoms with Gasteiger partial charge in [-0.05, 0) is 12.1 Å². The van der Waals surface area contributed by atoms with E-state index in [0.29, 0.717) is 13.0 Å². The lowest BCUT2D eigenvalue weighted by Crippen LogP contribution is -2.30. The zero-order chi connectivity index (χ0) is 13.1. The van der Waals surface area contributed by atoms with Gasteiger partial charge in [0.15, 0.2) is 0 Å². The van der Waals surface area contributed by atoms with Crippen LogP contribution in [0.3, 0.4) is 0 Å². The number of benzene rings is 1. The summed E-state index contributed by atoms with van der Waals surface area (Å²) in [6.07, 6.45) is 0.336. The van der Waals surface area contributed by atoms with Crippen LogP contribution in [0.25, 0.3) is 0 Å². The van der Waals surface area contributed by atoms with Crippen molar-refractivity contribution in [3.63, 3.8) is 0 Å². The molecule has 2 N–H and O–H groups in total. The summed E-state index contributed by atoms with van der Waals surface area (Å²) < 4.78 is 13.1. The lowest BCUT2D eigenvalue weighted by molar-refractivity contribution is -0.385. The van der Waals surface area contributed by atoms with Crippen LogP contribution in [0.2, 0.25) is 0 Å². The summed E-state index contributed by atoms with van der Waals surface area (Å²) >= 11 is 0. The smallest absolute Gasteiger partial charge is 0.274 e. The Balaban J connectivity index is 2.06. The van der Waals surface area contributed by atoms with Gasteiger partial charge in [0.1, 0.15) is 5.82 Å². The van der Waals surface area contributed by atoms with E-state index in [-0.39, 0.29) is 29.7 Å². The van der Waals surface area contributed by atoms with Crippen LogP contribution < -0.4 is 10.6 Å². The van der Waals surface area contributed by atoms with E-state index in [4.69, 9.17) is 0 Å². The zero-order valence-corrected chi connectivity index (χ0v) is 9.48. The van der Waals surface area contributed by atoms with Gasteiger partial charge in [0.25, 0.3) is 5.69 Å². The molecule has 2 rings (SSSR count). The Morgan fingerprint density at radius 3 is 2.94 bits per heavy atom. The Kier molecular flexibility index (Phi) is 3.52. The van der Waals surface area contributed by atoms with Crippen LogP contribution in [0.1, 0.15) is 12.0 Å². The third kappa shape index (κ3) is 2.80. The molecule has 1 aromatic carbocycles. The van der Waals surface area contributed by atoms with Crippen LogP contribution in [0.5, 0.6) is 0 Å². The Morgan fingerprint density at radius 1 is 1.56 bits per heavy atom. The number of carbonyl (C=O) groups is 1. The molecular weight excluding hydrogens is 241 g/mol. The van der Waals surface area contributed by atoms with Crippen LogP contribution in [0.4, 0.5) is 10.1 Å². The van der Waals surface area contributed by atoms with Gasteiger partial charge in [-0.1, -0.05) is 0 Å². The second-order valence-electron chi connectivity index (χ2n) is 4.12. The van der Waals surface area contributed by atoms with Crippen molar-refractivity contribution >= 4 is 11.6 Å². The highest BCUT2D eigenvalue weighted by Gasteiger charge is 2.22. The van der Waals surface area contributed by atoms with Crippen molar-refractivity contribution in [3.8, 4) is 0 Å². The summed E-state index contributed by atoms with van der Waals surface area (Å²) in [5.41, 5.74) is 0.153. The molecule has 1 fully saturated rings. The van der Waals surface area contributed by atoms with E-state index in [1.807, 2.05) is 0 Å². The van der Waals surface area contributed by atoms with Crippen molar-refractivity contribution < 1.29 is 14.1 Å². The zero-order valence-electron chi connectivity index (χ0n) is 9.48. The van der Waals surface area contributed by atoms with E-state index < -0.39 is 10.7 Å². The molecule has 1 saturated heterocycles. The number of hydrogen-bond acceptors (Lipinski definition) is 4. The highest BCUT2D eigenvalue weighted by atomic mass is 19.1. The first-order valence-corrected chi connectivity index (χ1v) is 5.49. The first-order chi connectivity index (χ1) is 8.56. The molecular formula is C11H12FN3O3. The van der Waals surface area contributed by atoms with Crippen molar-refractivity contribution in [2.75, 3.05) is 6.54 Å². The molecule has 1 atom stereocenters. The summed E-state index contributed by atoms with van der Waals surface area (Å²) in [5, 5.41) is 16.4. The van der Waals surface area contributed by atoms with Gasteiger partial charge in [0.05, 0.1) is 4.92 Å². The molecule has 6 nitrogen and oxygen atoms in total. The number of nitrogens with one attached hydrogen (secondary N) is 2. The highest BCUT2D eigenvalue weighted by molar-refractivity contribution is 5.78. The molecule has 0 radical (unpaired) electrons. The molecule has 1 amide bonds. The van der Waals surface area contributed by atoms with Gasteiger partial charge in [0, 0.05) is 37.2 Å². The predicted octanol–water partition coefficient (Wildman–Crippen LogP) is 0.712. The molecule has 0 saturated carbocycles. The monoisotopic (exact) mass is 253 g/mol. The Bertz CT molecular complexity index is 492. The van der Waals surface area contributed by atoms with Crippen LogP contribution in [0.15, 0.2) is 18.2 Å². The fourth-order valence-corrected chi connectivity index (χ4v) is 1.88. The summed E-state index contributed by atoms with van der Waals surface area (Å²) in [6.45, 7) is 0.648. The Labute approximate surface area is 102 Å². The van der Waals surface area contributed by atoms with Crippen molar-refractivity contribution in [1.29, 1.82) is 0 Å². The molecule has 0 aliphatic carbocycles. The van der Waals surface area contributed by atoms with E-state index in [1.165, 1.54) is 0 Å². The number of carbonyl (C=O) groups excluding carboxylic acids is 1. The number of nitrogens with zero attached hydrogens (tertiary/aromatic N) is 1. The quantitative estimate of drug-likeness (QED) is 0.611. The number of nitro benzene ring substituents is 1. The molecule has 1 unspecified atom stereocenters. The third-order valence-electron chi connectivity index (χ3n) is 2.80. The van der Waals surface area contributed by atoms with Crippen molar-refractivity contribution in [2.45, 2.75) is 19.0 Å². The van der Waals surface area contributed by atoms with Gasteiger partial charge in [-0.2, -0.15) is 0 Å². The van der Waals surface area contributed by atoms with E-state index in [2.05, 4.69) is 10.6 Å². The average Bonchev–Trinajstić information content (AvgIpc) is 2.72. The number of amides is 1. The molecule has 1 heterocycles. The SMILES string of the molecule is O=C1CC(NCc2cc(F)ccc2[N+](=O)[O-])CN1. The number of nitro groups is 1. The molecule has 0 bridgehead atoms. The predicted molar refractivity (Wildman–Crippen MR) is 61.3 cm³/mol. The minimum absolute atomic E-state index is 0.0544. The fraction of sp³-hybridized carbons (Fsp3) is 0.364. The van der Waals surface area contributed by atoms with E-state index in [9.17, 15) is 19.3 Å². The molecule has 96 valence electrons. The molecule has 18 heavy (non-hydrogen) atoms. The average molecular weight is 253 g/mol. The molecule has 1 aliphatic heterocycles. The van der Waals surface area contributed by atoms with Gasteiger partial charge < -0.3 is 10.6 Å². The second-order valence-corrected chi connectivity index (χ2v) is 4.12. The second kappa shape index (κ2) is 5.09. The van der Waals surface area contributed by atoms with Crippen LogP contribution >= 0.6 is 0 Å². The maximum atomic E-state index is 13.1. The fourth-order valence-electron chi connectivity index (χ4n) is 1.88. The first-order valence-electron chi connectivity index (χ1n) is 5.49.